The highest BCUT2D eigenvalue weighted by atomic mass is 32.1. The third-order valence-electron chi connectivity index (χ3n) is 4.18. The lowest BCUT2D eigenvalue weighted by Gasteiger charge is -2.39. The van der Waals surface area contributed by atoms with Gasteiger partial charge in [0, 0.05) is 18.5 Å². The average molecular weight is 281 g/mol. The van der Waals surface area contributed by atoms with Gasteiger partial charge in [-0.3, -0.25) is 4.90 Å². The molecule has 1 aliphatic rings. The first-order valence-electron chi connectivity index (χ1n) is 7.27. The van der Waals surface area contributed by atoms with Gasteiger partial charge in [-0.2, -0.15) is 0 Å². The first kappa shape index (κ1) is 14.9. The van der Waals surface area contributed by atoms with Crippen LogP contribution in [0.3, 0.4) is 0 Å². The molecule has 0 saturated carbocycles. The van der Waals surface area contributed by atoms with Crippen molar-refractivity contribution in [3.05, 3.63) is 16.1 Å². The molecular formula is C15H27N3S. The van der Waals surface area contributed by atoms with Crippen molar-refractivity contribution in [3.8, 4) is 0 Å². The number of piperidine rings is 1. The zero-order valence-electron chi connectivity index (χ0n) is 12.7. The molecule has 4 heteroatoms. The van der Waals surface area contributed by atoms with E-state index in [0.29, 0.717) is 5.41 Å². The monoisotopic (exact) mass is 281 g/mol. The summed E-state index contributed by atoms with van der Waals surface area (Å²) in [4.78, 5) is 6.98. The molecule has 2 heterocycles. The van der Waals surface area contributed by atoms with Crippen LogP contribution in [0.15, 0.2) is 5.38 Å². The van der Waals surface area contributed by atoms with Crippen molar-refractivity contribution in [1.29, 1.82) is 0 Å². The van der Waals surface area contributed by atoms with Crippen LogP contribution in [0, 0.1) is 18.3 Å². The highest BCUT2D eigenvalue weighted by Gasteiger charge is 2.31. The molecule has 1 saturated heterocycles. The third kappa shape index (κ3) is 4.26. The number of nitrogens with one attached hydrogen (secondary N) is 1. The van der Waals surface area contributed by atoms with E-state index in [4.69, 9.17) is 0 Å². The number of aromatic nitrogens is 1. The van der Waals surface area contributed by atoms with Crippen LogP contribution in [0.1, 0.15) is 37.4 Å². The number of hydrogen-bond donors (Lipinski definition) is 1. The van der Waals surface area contributed by atoms with Gasteiger partial charge >= 0.3 is 0 Å². The van der Waals surface area contributed by atoms with Crippen LogP contribution in [0.4, 0.5) is 0 Å². The van der Waals surface area contributed by atoms with Gasteiger partial charge in [0.25, 0.3) is 0 Å². The van der Waals surface area contributed by atoms with Gasteiger partial charge in [-0.25, -0.2) is 4.98 Å². The SMILES string of the molecule is Cc1nc(CN(C)CC(C)(C)C2CCCNC2)cs1. The van der Waals surface area contributed by atoms with E-state index in [1.165, 1.54) is 36.6 Å². The Hall–Kier alpha value is -0.450. The third-order valence-corrected chi connectivity index (χ3v) is 5.00. The summed E-state index contributed by atoms with van der Waals surface area (Å²) in [6.45, 7) is 11.4. The van der Waals surface area contributed by atoms with E-state index in [1.54, 1.807) is 11.3 Å². The number of hydrogen-bond acceptors (Lipinski definition) is 4. The standard InChI is InChI=1S/C15H27N3S/c1-12-17-14(10-19-12)9-18(4)11-15(2,3)13-6-5-7-16-8-13/h10,13,16H,5-9,11H2,1-4H3. The topological polar surface area (TPSA) is 28.2 Å². The molecule has 1 aromatic heterocycles. The van der Waals surface area contributed by atoms with Crippen molar-refractivity contribution in [2.45, 2.75) is 40.2 Å². The predicted octanol–water partition coefficient (Wildman–Crippen LogP) is 2.91. The highest BCUT2D eigenvalue weighted by Crippen LogP contribution is 2.32. The van der Waals surface area contributed by atoms with Crippen LogP contribution in [0.25, 0.3) is 0 Å². The molecule has 1 atom stereocenters. The van der Waals surface area contributed by atoms with Crippen LogP contribution in [0.5, 0.6) is 0 Å². The fraction of sp³-hybridized carbons (Fsp3) is 0.800. The summed E-state index contributed by atoms with van der Waals surface area (Å²) >= 11 is 1.74. The van der Waals surface area contributed by atoms with Gasteiger partial charge < -0.3 is 5.32 Å². The molecule has 3 nitrogen and oxygen atoms in total. The minimum Gasteiger partial charge on any atom is -0.316 e. The number of rotatable bonds is 5. The van der Waals surface area contributed by atoms with Crippen molar-refractivity contribution in [3.63, 3.8) is 0 Å². The maximum Gasteiger partial charge on any atom is 0.0897 e. The van der Waals surface area contributed by atoms with Gasteiger partial charge in [-0.15, -0.1) is 11.3 Å². The molecular weight excluding hydrogens is 254 g/mol. The number of thiazole rings is 1. The fourth-order valence-corrected chi connectivity index (χ4v) is 3.76. The molecule has 1 unspecified atom stereocenters. The average Bonchev–Trinajstić information content (AvgIpc) is 2.75. The molecule has 19 heavy (non-hydrogen) atoms. The van der Waals surface area contributed by atoms with Crippen molar-refractivity contribution >= 4 is 11.3 Å². The van der Waals surface area contributed by atoms with Gasteiger partial charge in [0.15, 0.2) is 0 Å². The molecule has 0 amide bonds. The Bertz CT molecular complexity index is 394. The van der Waals surface area contributed by atoms with Crippen molar-refractivity contribution in [2.75, 3.05) is 26.7 Å². The molecule has 0 radical (unpaired) electrons. The molecule has 0 aromatic carbocycles. The van der Waals surface area contributed by atoms with E-state index >= 15 is 0 Å². The Balaban J connectivity index is 1.87. The molecule has 1 aliphatic heterocycles. The molecule has 0 bridgehead atoms. The molecule has 0 spiro atoms. The van der Waals surface area contributed by atoms with Crippen LogP contribution in [-0.2, 0) is 6.54 Å². The zero-order chi connectivity index (χ0) is 13.9. The second-order valence-electron chi connectivity index (χ2n) is 6.56. The van der Waals surface area contributed by atoms with Crippen LogP contribution in [-0.4, -0.2) is 36.6 Å². The minimum atomic E-state index is 0.368. The summed E-state index contributed by atoms with van der Waals surface area (Å²) < 4.78 is 0. The molecule has 1 fully saturated rings. The summed E-state index contributed by atoms with van der Waals surface area (Å²) in [6, 6.07) is 0. The molecule has 1 N–H and O–H groups in total. The summed E-state index contributed by atoms with van der Waals surface area (Å²) in [6.07, 6.45) is 2.69. The minimum absolute atomic E-state index is 0.368. The van der Waals surface area contributed by atoms with Gasteiger partial charge in [0.05, 0.1) is 10.7 Å². The van der Waals surface area contributed by atoms with Crippen molar-refractivity contribution in [2.24, 2.45) is 11.3 Å². The van der Waals surface area contributed by atoms with E-state index in [2.05, 4.69) is 48.4 Å². The van der Waals surface area contributed by atoms with E-state index in [9.17, 15) is 0 Å². The number of aryl methyl sites for hydroxylation is 1. The Morgan fingerprint density at radius 1 is 1.53 bits per heavy atom. The lowest BCUT2D eigenvalue weighted by Crippen LogP contribution is -2.43. The first-order chi connectivity index (χ1) is 8.97. The Morgan fingerprint density at radius 2 is 2.32 bits per heavy atom. The van der Waals surface area contributed by atoms with E-state index in [1.807, 2.05) is 0 Å². The van der Waals surface area contributed by atoms with Gasteiger partial charge in [0.2, 0.25) is 0 Å². The van der Waals surface area contributed by atoms with Gasteiger partial charge in [0.1, 0.15) is 0 Å². The Labute approximate surface area is 121 Å². The smallest absolute Gasteiger partial charge is 0.0897 e. The largest absolute Gasteiger partial charge is 0.316 e. The molecule has 1 aromatic rings. The van der Waals surface area contributed by atoms with Gasteiger partial charge in [-0.1, -0.05) is 13.8 Å². The van der Waals surface area contributed by atoms with E-state index in [0.717, 1.165) is 19.0 Å². The normalized spacial score (nSPS) is 21.0. The maximum absolute atomic E-state index is 4.56. The van der Waals surface area contributed by atoms with Crippen molar-refractivity contribution in [1.82, 2.24) is 15.2 Å². The van der Waals surface area contributed by atoms with Crippen LogP contribution >= 0.6 is 11.3 Å². The van der Waals surface area contributed by atoms with Crippen LogP contribution < -0.4 is 5.32 Å². The second kappa shape index (κ2) is 6.33. The molecule has 0 aliphatic carbocycles. The zero-order valence-corrected chi connectivity index (χ0v) is 13.5. The van der Waals surface area contributed by atoms with Crippen molar-refractivity contribution < 1.29 is 0 Å². The molecule has 2 rings (SSSR count). The number of nitrogens with zero attached hydrogens (tertiary/aromatic N) is 2. The molecule has 108 valence electrons. The summed E-state index contributed by atoms with van der Waals surface area (Å²) in [7, 11) is 2.21. The first-order valence-corrected chi connectivity index (χ1v) is 8.15. The van der Waals surface area contributed by atoms with Gasteiger partial charge in [-0.05, 0) is 51.2 Å². The second-order valence-corrected chi connectivity index (χ2v) is 7.62. The quantitative estimate of drug-likeness (QED) is 0.899. The van der Waals surface area contributed by atoms with E-state index in [-0.39, 0.29) is 0 Å². The maximum atomic E-state index is 4.56. The Kier molecular flexibility index (Phi) is 4.98. The van der Waals surface area contributed by atoms with E-state index < -0.39 is 0 Å². The summed E-state index contributed by atoms with van der Waals surface area (Å²) in [5.41, 5.74) is 1.58. The highest BCUT2D eigenvalue weighted by molar-refractivity contribution is 7.09. The summed E-state index contributed by atoms with van der Waals surface area (Å²) in [5, 5.41) is 6.89. The Morgan fingerprint density at radius 3 is 2.89 bits per heavy atom. The lowest BCUT2D eigenvalue weighted by molar-refractivity contribution is 0.111. The van der Waals surface area contributed by atoms with Crippen LogP contribution in [0.2, 0.25) is 0 Å². The predicted molar refractivity (Wildman–Crippen MR) is 82.6 cm³/mol. The lowest BCUT2D eigenvalue weighted by atomic mass is 9.74. The fourth-order valence-electron chi connectivity index (χ4n) is 3.16. The summed E-state index contributed by atoms with van der Waals surface area (Å²) in [5.74, 6) is 0.792.